The summed E-state index contributed by atoms with van der Waals surface area (Å²) in [4.78, 5) is 16.2. The number of carbonyl (C=O) groups excluding carboxylic acids is 1. The van der Waals surface area contributed by atoms with Crippen molar-refractivity contribution in [2.75, 3.05) is 18.4 Å². The molecule has 2 rings (SSSR count). The summed E-state index contributed by atoms with van der Waals surface area (Å²) in [6.07, 6.45) is 2.78. The number of anilines is 1. The van der Waals surface area contributed by atoms with Crippen LogP contribution < -0.4 is 10.6 Å². The Hall–Kier alpha value is -1.54. The summed E-state index contributed by atoms with van der Waals surface area (Å²) >= 11 is 2.87. The Morgan fingerprint density at radius 1 is 1.45 bits per heavy atom. The van der Waals surface area contributed by atoms with E-state index in [2.05, 4.69) is 32.7 Å². The van der Waals surface area contributed by atoms with Crippen molar-refractivity contribution in [2.24, 2.45) is 0 Å². The third kappa shape index (κ3) is 3.97. The Bertz CT molecular complexity index is 540. The molecule has 0 aliphatic heterocycles. The lowest BCUT2D eigenvalue weighted by atomic mass is 10.2. The predicted molar refractivity (Wildman–Crippen MR) is 81.6 cm³/mol. The van der Waals surface area contributed by atoms with E-state index in [1.54, 1.807) is 17.5 Å². The second kappa shape index (κ2) is 7.30. The van der Waals surface area contributed by atoms with Crippen LogP contribution in [0.2, 0.25) is 0 Å². The second-order valence-corrected chi connectivity index (χ2v) is 6.22. The van der Waals surface area contributed by atoms with Crippen molar-refractivity contribution in [1.82, 2.24) is 20.5 Å². The molecule has 2 aromatic heterocycles. The number of amides is 1. The molecule has 0 saturated carbocycles. The molecule has 0 bridgehead atoms. The third-order valence-electron chi connectivity index (χ3n) is 2.59. The number of carbonyl (C=O) groups is 1. The minimum atomic E-state index is -0.185. The van der Waals surface area contributed by atoms with Crippen LogP contribution in [0.15, 0.2) is 11.6 Å². The Morgan fingerprint density at radius 2 is 2.30 bits per heavy atom. The molecule has 2 aromatic rings. The molecule has 1 unspecified atom stereocenters. The number of aromatic nitrogens is 3. The van der Waals surface area contributed by atoms with Crippen LogP contribution in [0, 0.1) is 0 Å². The summed E-state index contributed by atoms with van der Waals surface area (Å²) in [6, 6.07) is 0. The van der Waals surface area contributed by atoms with E-state index < -0.39 is 0 Å². The van der Waals surface area contributed by atoms with Crippen molar-refractivity contribution in [3.8, 4) is 0 Å². The van der Waals surface area contributed by atoms with Gasteiger partial charge in [-0.05, 0) is 6.42 Å². The Labute approximate surface area is 125 Å². The zero-order chi connectivity index (χ0) is 14.4. The number of hydrogen-bond acceptors (Lipinski definition) is 7. The van der Waals surface area contributed by atoms with Gasteiger partial charge in [0.1, 0.15) is 0 Å². The first-order valence-electron chi connectivity index (χ1n) is 6.45. The fourth-order valence-electron chi connectivity index (χ4n) is 1.50. The van der Waals surface area contributed by atoms with Crippen molar-refractivity contribution >= 4 is 33.7 Å². The van der Waals surface area contributed by atoms with Crippen LogP contribution in [-0.2, 0) is 0 Å². The fraction of sp³-hybridized carbons (Fsp3) is 0.500. The van der Waals surface area contributed by atoms with Crippen LogP contribution in [-0.4, -0.2) is 34.2 Å². The quantitative estimate of drug-likeness (QED) is 0.820. The number of rotatable bonds is 7. The SMILES string of the molecule is CCCNc1nnc(C(=O)NCC(C)c2nccs2)s1. The Kier molecular flexibility index (Phi) is 5.42. The Morgan fingerprint density at radius 3 is 3.00 bits per heavy atom. The summed E-state index contributed by atoms with van der Waals surface area (Å²) < 4.78 is 0. The molecule has 6 nitrogen and oxygen atoms in total. The lowest BCUT2D eigenvalue weighted by Gasteiger charge is -2.08. The molecule has 2 N–H and O–H groups in total. The molecule has 8 heteroatoms. The average Bonchev–Trinajstić information content (AvgIpc) is 3.12. The monoisotopic (exact) mass is 311 g/mol. The largest absolute Gasteiger partial charge is 0.360 e. The molecule has 0 spiro atoms. The topological polar surface area (TPSA) is 79.8 Å². The minimum absolute atomic E-state index is 0.185. The van der Waals surface area contributed by atoms with E-state index in [0.29, 0.717) is 16.7 Å². The number of nitrogens with one attached hydrogen (secondary N) is 2. The molecular weight excluding hydrogens is 294 g/mol. The van der Waals surface area contributed by atoms with E-state index in [1.165, 1.54) is 11.3 Å². The molecular formula is C12H17N5OS2. The zero-order valence-corrected chi connectivity index (χ0v) is 13.1. The van der Waals surface area contributed by atoms with Gasteiger partial charge in [-0.2, -0.15) is 0 Å². The lowest BCUT2D eigenvalue weighted by molar-refractivity contribution is 0.0950. The first kappa shape index (κ1) is 14.9. The molecule has 1 atom stereocenters. The van der Waals surface area contributed by atoms with E-state index >= 15 is 0 Å². The van der Waals surface area contributed by atoms with Gasteiger partial charge in [0.05, 0.1) is 5.01 Å². The standard InChI is InChI=1S/C12H17N5OS2/c1-3-4-14-12-17-16-11(20-12)9(18)15-7-8(2)10-13-5-6-19-10/h5-6,8H,3-4,7H2,1-2H3,(H,14,17)(H,15,18). The van der Waals surface area contributed by atoms with E-state index in [-0.39, 0.29) is 11.8 Å². The first-order valence-corrected chi connectivity index (χ1v) is 8.15. The van der Waals surface area contributed by atoms with Crippen molar-refractivity contribution in [2.45, 2.75) is 26.2 Å². The fourth-order valence-corrected chi connectivity index (χ4v) is 2.89. The molecule has 108 valence electrons. The highest BCUT2D eigenvalue weighted by Crippen LogP contribution is 2.18. The number of nitrogens with zero attached hydrogens (tertiary/aromatic N) is 3. The van der Waals surface area contributed by atoms with Crippen LogP contribution in [0.25, 0.3) is 0 Å². The summed E-state index contributed by atoms with van der Waals surface area (Å²) in [7, 11) is 0. The van der Waals surface area contributed by atoms with Gasteiger partial charge >= 0.3 is 0 Å². The van der Waals surface area contributed by atoms with Crippen LogP contribution in [0.4, 0.5) is 5.13 Å². The maximum absolute atomic E-state index is 12.0. The van der Waals surface area contributed by atoms with E-state index in [0.717, 1.165) is 18.0 Å². The van der Waals surface area contributed by atoms with Crippen LogP contribution >= 0.6 is 22.7 Å². The maximum atomic E-state index is 12.0. The predicted octanol–water partition coefficient (Wildman–Crippen LogP) is 2.35. The third-order valence-corrected chi connectivity index (χ3v) is 4.47. The minimum Gasteiger partial charge on any atom is -0.360 e. The smallest absolute Gasteiger partial charge is 0.282 e. The van der Waals surface area contributed by atoms with Gasteiger partial charge in [-0.15, -0.1) is 21.5 Å². The van der Waals surface area contributed by atoms with Crippen molar-refractivity contribution in [1.29, 1.82) is 0 Å². The van der Waals surface area contributed by atoms with E-state index in [4.69, 9.17) is 0 Å². The highest BCUT2D eigenvalue weighted by molar-refractivity contribution is 7.17. The summed E-state index contributed by atoms with van der Waals surface area (Å²) in [5, 5.41) is 17.8. The lowest BCUT2D eigenvalue weighted by Crippen LogP contribution is -2.27. The maximum Gasteiger partial charge on any atom is 0.282 e. The highest BCUT2D eigenvalue weighted by atomic mass is 32.1. The van der Waals surface area contributed by atoms with Crippen LogP contribution in [0.3, 0.4) is 0 Å². The second-order valence-electron chi connectivity index (χ2n) is 4.32. The summed E-state index contributed by atoms with van der Waals surface area (Å²) in [5.74, 6) is 0.0139. The number of hydrogen-bond donors (Lipinski definition) is 2. The van der Waals surface area contributed by atoms with Crippen LogP contribution in [0.5, 0.6) is 0 Å². The van der Waals surface area contributed by atoms with Crippen molar-refractivity contribution < 1.29 is 4.79 Å². The van der Waals surface area contributed by atoms with Gasteiger partial charge < -0.3 is 10.6 Å². The van der Waals surface area contributed by atoms with Gasteiger partial charge in [0.25, 0.3) is 5.91 Å². The highest BCUT2D eigenvalue weighted by Gasteiger charge is 2.15. The zero-order valence-electron chi connectivity index (χ0n) is 11.4. The van der Waals surface area contributed by atoms with Gasteiger partial charge in [0.2, 0.25) is 10.1 Å². The molecule has 0 aliphatic rings. The molecule has 0 radical (unpaired) electrons. The summed E-state index contributed by atoms with van der Waals surface area (Å²) in [6.45, 7) is 5.48. The van der Waals surface area contributed by atoms with Crippen molar-refractivity contribution in [3.63, 3.8) is 0 Å². The molecule has 0 aromatic carbocycles. The van der Waals surface area contributed by atoms with E-state index in [9.17, 15) is 4.79 Å². The van der Waals surface area contributed by atoms with Gasteiger partial charge in [0.15, 0.2) is 0 Å². The molecule has 0 saturated heterocycles. The average molecular weight is 311 g/mol. The molecule has 20 heavy (non-hydrogen) atoms. The molecule has 0 fully saturated rings. The molecule has 0 aliphatic carbocycles. The van der Waals surface area contributed by atoms with E-state index in [1.807, 2.05) is 12.3 Å². The number of thiazole rings is 1. The van der Waals surface area contributed by atoms with Crippen LogP contribution in [0.1, 0.15) is 41.0 Å². The van der Waals surface area contributed by atoms with Gasteiger partial charge in [-0.3, -0.25) is 4.79 Å². The first-order chi connectivity index (χ1) is 9.70. The van der Waals surface area contributed by atoms with Gasteiger partial charge in [-0.25, -0.2) is 4.98 Å². The molecule has 1 amide bonds. The van der Waals surface area contributed by atoms with Crippen molar-refractivity contribution in [3.05, 3.63) is 21.6 Å². The molecule has 2 heterocycles. The normalized spacial score (nSPS) is 12.1. The summed E-state index contributed by atoms with van der Waals surface area (Å²) in [5.41, 5.74) is 0. The van der Waals surface area contributed by atoms with Gasteiger partial charge in [-0.1, -0.05) is 25.2 Å². The van der Waals surface area contributed by atoms with Gasteiger partial charge in [0, 0.05) is 30.6 Å². The Balaban J connectivity index is 1.84.